The molecule has 0 aliphatic heterocycles. The summed E-state index contributed by atoms with van der Waals surface area (Å²) < 4.78 is 5.33. The highest BCUT2D eigenvalue weighted by Crippen LogP contribution is 2.28. The zero-order valence-electron chi connectivity index (χ0n) is 15.4. The van der Waals surface area contributed by atoms with E-state index in [4.69, 9.17) is 10.00 Å². The van der Waals surface area contributed by atoms with E-state index >= 15 is 0 Å². The molecule has 1 heterocycles. The summed E-state index contributed by atoms with van der Waals surface area (Å²) >= 11 is 1.17. The molecule has 0 saturated heterocycles. The van der Waals surface area contributed by atoms with Gasteiger partial charge in [-0.05, 0) is 18.6 Å². The van der Waals surface area contributed by atoms with Gasteiger partial charge in [-0.25, -0.2) is 4.98 Å². The molecule has 0 radical (unpaired) electrons. The van der Waals surface area contributed by atoms with Gasteiger partial charge < -0.3 is 14.6 Å². The Morgan fingerprint density at radius 3 is 2.89 bits per heavy atom. The molecule has 142 valence electrons. The molecule has 0 unspecified atom stereocenters. The average molecular weight is 386 g/mol. The van der Waals surface area contributed by atoms with Crippen molar-refractivity contribution in [2.45, 2.75) is 31.3 Å². The first-order valence-corrected chi connectivity index (χ1v) is 9.61. The van der Waals surface area contributed by atoms with E-state index in [9.17, 15) is 9.59 Å². The summed E-state index contributed by atoms with van der Waals surface area (Å²) in [5.74, 6) is 0.454. The summed E-state index contributed by atoms with van der Waals surface area (Å²) in [6, 6.07) is 10.7. The number of thioether (sulfide) groups is 1. The van der Waals surface area contributed by atoms with E-state index in [0.717, 1.165) is 6.42 Å². The van der Waals surface area contributed by atoms with Crippen molar-refractivity contribution in [3.05, 3.63) is 46.4 Å². The Morgan fingerprint density at radius 1 is 1.41 bits per heavy atom. The molecule has 1 aromatic carbocycles. The number of amides is 1. The highest BCUT2D eigenvalue weighted by molar-refractivity contribution is 7.99. The number of nitrogens with one attached hydrogen (secondary N) is 1. The first-order chi connectivity index (χ1) is 13.1. The van der Waals surface area contributed by atoms with Crippen molar-refractivity contribution in [1.29, 1.82) is 5.26 Å². The maximum Gasteiger partial charge on any atom is 0.251 e. The van der Waals surface area contributed by atoms with E-state index in [-0.39, 0.29) is 30.2 Å². The molecule has 2 rings (SSSR count). The van der Waals surface area contributed by atoms with Crippen molar-refractivity contribution in [1.82, 2.24) is 9.97 Å². The van der Waals surface area contributed by atoms with Crippen molar-refractivity contribution in [2.24, 2.45) is 0 Å². The van der Waals surface area contributed by atoms with Gasteiger partial charge in [0, 0.05) is 18.3 Å². The first kappa shape index (κ1) is 20.5. The fourth-order valence-corrected chi connectivity index (χ4v) is 3.31. The molecular formula is C19H22N4O3S. The number of aryl methyl sites for hydroxylation is 1. The van der Waals surface area contributed by atoms with Gasteiger partial charge in [0.25, 0.3) is 5.56 Å². The molecule has 1 N–H and O–H groups in total. The van der Waals surface area contributed by atoms with Crippen molar-refractivity contribution < 1.29 is 9.53 Å². The second-order valence-electron chi connectivity index (χ2n) is 5.71. The number of ether oxygens (including phenoxy) is 1. The summed E-state index contributed by atoms with van der Waals surface area (Å²) in [6.07, 6.45) is 1.80. The van der Waals surface area contributed by atoms with Crippen LogP contribution in [0.5, 0.6) is 5.75 Å². The van der Waals surface area contributed by atoms with Gasteiger partial charge in [-0.15, -0.1) is 0 Å². The minimum absolute atomic E-state index is 0.0853. The smallest absolute Gasteiger partial charge is 0.251 e. The van der Waals surface area contributed by atoms with Crippen molar-refractivity contribution in [2.75, 3.05) is 24.3 Å². The number of hydrogen-bond acceptors (Lipinski definition) is 6. The Bertz CT molecular complexity index is 876. The van der Waals surface area contributed by atoms with Gasteiger partial charge in [0.15, 0.2) is 5.16 Å². The normalized spacial score (nSPS) is 10.3. The van der Waals surface area contributed by atoms with Crippen LogP contribution in [0.2, 0.25) is 0 Å². The lowest BCUT2D eigenvalue weighted by atomic mass is 10.2. The maximum absolute atomic E-state index is 12.8. The summed E-state index contributed by atoms with van der Waals surface area (Å²) in [5, 5.41) is 9.33. The third-order valence-corrected chi connectivity index (χ3v) is 4.59. The molecule has 8 heteroatoms. The Hall–Kier alpha value is -2.79. The summed E-state index contributed by atoms with van der Waals surface area (Å²) in [7, 11) is 1.54. The molecule has 0 aliphatic rings. The Balaban J connectivity index is 2.17. The van der Waals surface area contributed by atoms with Crippen molar-refractivity contribution >= 4 is 23.4 Å². The molecule has 1 amide bonds. The monoisotopic (exact) mass is 386 g/mol. The zero-order chi connectivity index (χ0) is 19.6. The average Bonchev–Trinajstić information content (AvgIpc) is 2.67. The standard InChI is InChI=1S/C19H22N4O3S/c1-3-7-14-12-17(24)22-19(21-14)27-13-18(25)23(11-6-10-20)15-8-4-5-9-16(15)26-2/h4-5,8-9,12H,3,6-7,11,13H2,1-2H3,(H,21,22,24). The molecule has 0 bridgehead atoms. The minimum atomic E-state index is -0.227. The molecule has 0 saturated carbocycles. The van der Waals surface area contributed by atoms with E-state index in [2.05, 4.69) is 16.0 Å². The van der Waals surface area contributed by atoms with E-state index in [1.54, 1.807) is 12.1 Å². The van der Waals surface area contributed by atoms with Crippen LogP contribution >= 0.6 is 11.8 Å². The highest BCUT2D eigenvalue weighted by atomic mass is 32.2. The van der Waals surface area contributed by atoms with Crippen molar-refractivity contribution in [3.63, 3.8) is 0 Å². The highest BCUT2D eigenvalue weighted by Gasteiger charge is 2.19. The maximum atomic E-state index is 12.8. The summed E-state index contributed by atoms with van der Waals surface area (Å²) in [4.78, 5) is 33.1. The van der Waals surface area contributed by atoms with Crippen LogP contribution in [-0.4, -0.2) is 35.3 Å². The molecule has 2 aromatic rings. The lowest BCUT2D eigenvalue weighted by Gasteiger charge is -2.23. The number of aromatic amines is 1. The number of benzene rings is 1. The number of H-pyrrole nitrogens is 1. The number of methoxy groups -OCH3 is 1. The molecule has 7 nitrogen and oxygen atoms in total. The van der Waals surface area contributed by atoms with E-state index in [0.29, 0.717) is 28.7 Å². The largest absolute Gasteiger partial charge is 0.495 e. The predicted octanol–water partition coefficient (Wildman–Crippen LogP) is 2.77. The molecule has 1 aromatic heterocycles. The van der Waals surface area contributed by atoms with E-state index in [1.807, 2.05) is 19.1 Å². The van der Waals surface area contributed by atoms with Gasteiger partial charge in [0.1, 0.15) is 5.75 Å². The van der Waals surface area contributed by atoms with Crippen LogP contribution < -0.4 is 15.2 Å². The number of carbonyl (C=O) groups is 1. The van der Waals surface area contributed by atoms with Gasteiger partial charge >= 0.3 is 0 Å². The lowest BCUT2D eigenvalue weighted by molar-refractivity contribution is -0.116. The lowest BCUT2D eigenvalue weighted by Crippen LogP contribution is -2.33. The Morgan fingerprint density at radius 2 is 2.19 bits per heavy atom. The minimum Gasteiger partial charge on any atom is -0.495 e. The van der Waals surface area contributed by atoms with Crippen LogP contribution in [0, 0.1) is 11.3 Å². The summed E-state index contributed by atoms with van der Waals surface area (Å²) in [6.45, 7) is 2.27. The zero-order valence-corrected chi connectivity index (χ0v) is 16.2. The van der Waals surface area contributed by atoms with E-state index in [1.165, 1.54) is 29.8 Å². The third kappa shape index (κ3) is 5.86. The van der Waals surface area contributed by atoms with Crippen LogP contribution in [0.15, 0.2) is 40.3 Å². The molecule has 27 heavy (non-hydrogen) atoms. The van der Waals surface area contributed by atoms with Gasteiger partial charge in [0.2, 0.25) is 5.91 Å². The van der Waals surface area contributed by atoms with Gasteiger partial charge in [-0.2, -0.15) is 5.26 Å². The number of nitrogens with zero attached hydrogens (tertiary/aromatic N) is 3. The van der Waals surface area contributed by atoms with Gasteiger partial charge in [-0.3, -0.25) is 9.59 Å². The van der Waals surface area contributed by atoms with Crippen LogP contribution in [-0.2, 0) is 11.2 Å². The predicted molar refractivity (Wildman–Crippen MR) is 105 cm³/mol. The topological polar surface area (TPSA) is 99.1 Å². The number of hydrogen-bond donors (Lipinski definition) is 1. The van der Waals surface area contributed by atoms with Gasteiger partial charge in [-0.1, -0.05) is 37.2 Å². The first-order valence-electron chi connectivity index (χ1n) is 8.62. The number of anilines is 1. The Kier molecular flexibility index (Phi) is 7.89. The second-order valence-corrected chi connectivity index (χ2v) is 6.67. The van der Waals surface area contributed by atoms with Crippen LogP contribution in [0.4, 0.5) is 5.69 Å². The quantitative estimate of drug-likeness (QED) is 0.525. The molecule has 0 atom stereocenters. The fourth-order valence-electron chi connectivity index (χ4n) is 2.54. The number of para-hydroxylation sites is 2. The van der Waals surface area contributed by atoms with Crippen LogP contribution in [0.25, 0.3) is 0 Å². The molecule has 0 fully saturated rings. The number of nitriles is 1. The SMILES string of the molecule is CCCc1cc(=O)[nH]c(SCC(=O)N(CCC#N)c2ccccc2OC)n1. The number of aromatic nitrogens is 2. The number of carbonyl (C=O) groups excluding carboxylic acids is 1. The summed E-state index contributed by atoms with van der Waals surface area (Å²) in [5.41, 5.74) is 1.10. The second kappa shape index (κ2) is 10.4. The fraction of sp³-hybridized carbons (Fsp3) is 0.368. The van der Waals surface area contributed by atoms with E-state index < -0.39 is 0 Å². The van der Waals surface area contributed by atoms with Crippen LogP contribution in [0.1, 0.15) is 25.5 Å². The molecule has 0 aliphatic carbocycles. The third-order valence-electron chi connectivity index (χ3n) is 3.74. The molecule has 0 spiro atoms. The number of rotatable bonds is 9. The Labute approximate surface area is 162 Å². The van der Waals surface area contributed by atoms with Gasteiger partial charge in [0.05, 0.1) is 31.0 Å². The molecular weight excluding hydrogens is 364 g/mol. The van der Waals surface area contributed by atoms with Crippen molar-refractivity contribution in [3.8, 4) is 11.8 Å². The van der Waals surface area contributed by atoms with Crippen LogP contribution in [0.3, 0.4) is 0 Å².